The number of amides is 1. The van der Waals surface area contributed by atoms with Crippen LogP contribution < -0.4 is 14.8 Å². The fourth-order valence-corrected chi connectivity index (χ4v) is 2.08. The van der Waals surface area contributed by atoms with Crippen LogP contribution in [0.25, 0.3) is 0 Å². The van der Waals surface area contributed by atoms with Gasteiger partial charge in [0, 0.05) is 5.56 Å². The summed E-state index contributed by atoms with van der Waals surface area (Å²) in [5.74, 6) is 1.74. The average molecular weight is 313 g/mol. The van der Waals surface area contributed by atoms with E-state index >= 15 is 0 Å². The van der Waals surface area contributed by atoms with E-state index in [0.717, 1.165) is 6.42 Å². The van der Waals surface area contributed by atoms with Gasteiger partial charge in [0.2, 0.25) is 0 Å². The number of carbonyl (C=O) groups excluding carboxylic acids is 1. The molecule has 0 radical (unpaired) electrons. The molecule has 0 aromatic heterocycles. The van der Waals surface area contributed by atoms with E-state index in [0.29, 0.717) is 35.3 Å². The van der Waals surface area contributed by atoms with Gasteiger partial charge in [0.15, 0.2) is 0 Å². The van der Waals surface area contributed by atoms with Gasteiger partial charge in [-0.3, -0.25) is 4.79 Å². The van der Waals surface area contributed by atoms with E-state index in [1.54, 1.807) is 31.4 Å². The average Bonchev–Trinajstić information content (AvgIpc) is 2.55. The van der Waals surface area contributed by atoms with Gasteiger partial charge in [0.05, 0.1) is 19.4 Å². The van der Waals surface area contributed by atoms with Gasteiger partial charge in [0.1, 0.15) is 11.5 Å². The van der Waals surface area contributed by atoms with Gasteiger partial charge in [0.25, 0.3) is 5.91 Å². The molecule has 2 aromatic carbocycles. The molecule has 0 saturated carbocycles. The van der Waals surface area contributed by atoms with Crippen LogP contribution in [0.4, 0.5) is 5.69 Å². The number of anilines is 1. The maximum atomic E-state index is 12.4. The Morgan fingerprint density at radius 1 is 1.13 bits per heavy atom. The highest BCUT2D eigenvalue weighted by molar-refractivity contribution is 6.05. The van der Waals surface area contributed by atoms with E-state index in [-0.39, 0.29) is 5.91 Å². The first-order chi connectivity index (χ1) is 11.1. The third kappa shape index (κ3) is 5.02. The topological polar surface area (TPSA) is 47.6 Å². The lowest BCUT2D eigenvalue weighted by atomic mass is 10.1. The lowest BCUT2D eigenvalue weighted by Crippen LogP contribution is -2.12. The summed E-state index contributed by atoms with van der Waals surface area (Å²) in [6, 6.07) is 14.5. The summed E-state index contributed by atoms with van der Waals surface area (Å²) in [5.41, 5.74) is 1.20. The molecular formula is C19H23NO3. The maximum Gasteiger partial charge on any atom is 0.255 e. The third-order valence-corrected chi connectivity index (χ3v) is 3.42. The van der Waals surface area contributed by atoms with E-state index in [1.165, 1.54) is 0 Å². The Morgan fingerprint density at radius 3 is 2.65 bits per heavy atom. The highest BCUT2D eigenvalue weighted by Gasteiger charge is 2.10. The quantitative estimate of drug-likeness (QED) is 0.825. The minimum absolute atomic E-state index is 0.191. The zero-order chi connectivity index (χ0) is 16.7. The van der Waals surface area contributed by atoms with Crippen molar-refractivity contribution < 1.29 is 14.3 Å². The van der Waals surface area contributed by atoms with Crippen molar-refractivity contribution in [1.82, 2.24) is 0 Å². The van der Waals surface area contributed by atoms with Crippen LogP contribution in [0.1, 0.15) is 30.6 Å². The highest BCUT2D eigenvalue weighted by atomic mass is 16.5. The zero-order valence-electron chi connectivity index (χ0n) is 13.8. The smallest absolute Gasteiger partial charge is 0.255 e. The van der Waals surface area contributed by atoms with Crippen molar-refractivity contribution in [2.45, 2.75) is 20.3 Å². The van der Waals surface area contributed by atoms with Gasteiger partial charge in [-0.15, -0.1) is 0 Å². The standard InChI is InChI=1S/C19H23NO3/c1-14(2)11-12-23-16-8-6-7-15(13-16)19(21)20-17-9-4-5-10-18(17)22-3/h4-10,13-14H,11-12H2,1-3H3,(H,20,21). The number of hydrogen-bond donors (Lipinski definition) is 1. The van der Waals surface area contributed by atoms with Gasteiger partial charge in [-0.05, 0) is 42.7 Å². The molecule has 2 rings (SSSR count). The minimum Gasteiger partial charge on any atom is -0.495 e. The number of para-hydroxylation sites is 2. The molecule has 0 fully saturated rings. The molecule has 0 bridgehead atoms. The molecule has 0 spiro atoms. The molecule has 0 atom stereocenters. The first-order valence-corrected chi connectivity index (χ1v) is 7.77. The van der Waals surface area contributed by atoms with Crippen molar-refractivity contribution in [2.75, 3.05) is 19.0 Å². The molecule has 122 valence electrons. The summed E-state index contributed by atoms with van der Waals surface area (Å²) in [4.78, 5) is 12.4. The van der Waals surface area contributed by atoms with Crippen LogP contribution >= 0.6 is 0 Å². The number of rotatable bonds is 7. The first-order valence-electron chi connectivity index (χ1n) is 7.77. The number of ether oxygens (including phenoxy) is 2. The summed E-state index contributed by atoms with van der Waals surface area (Å²) < 4.78 is 10.9. The van der Waals surface area contributed by atoms with Crippen LogP contribution in [0.3, 0.4) is 0 Å². The lowest BCUT2D eigenvalue weighted by Gasteiger charge is -2.11. The van der Waals surface area contributed by atoms with E-state index < -0.39 is 0 Å². The van der Waals surface area contributed by atoms with E-state index in [4.69, 9.17) is 9.47 Å². The summed E-state index contributed by atoms with van der Waals surface area (Å²) in [7, 11) is 1.58. The molecule has 1 amide bonds. The number of benzene rings is 2. The second-order valence-corrected chi connectivity index (χ2v) is 5.71. The fourth-order valence-electron chi connectivity index (χ4n) is 2.08. The predicted octanol–water partition coefficient (Wildman–Crippen LogP) is 4.37. The van der Waals surface area contributed by atoms with Crippen molar-refractivity contribution >= 4 is 11.6 Å². The molecule has 0 unspecified atom stereocenters. The molecule has 0 saturated heterocycles. The van der Waals surface area contributed by atoms with E-state index in [9.17, 15) is 4.79 Å². The molecule has 4 nitrogen and oxygen atoms in total. The molecule has 0 heterocycles. The number of methoxy groups -OCH3 is 1. The van der Waals surface area contributed by atoms with Gasteiger partial charge in [-0.2, -0.15) is 0 Å². The van der Waals surface area contributed by atoms with Crippen LogP contribution in [0.2, 0.25) is 0 Å². The van der Waals surface area contributed by atoms with Crippen molar-refractivity contribution in [3.63, 3.8) is 0 Å². The maximum absolute atomic E-state index is 12.4. The molecule has 1 N–H and O–H groups in total. The Bertz CT molecular complexity index is 653. The summed E-state index contributed by atoms with van der Waals surface area (Å²) in [6.45, 7) is 4.95. The molecule has 23 heavy (non-hydrogen) atoms. The van der Waals surface area contributed by atoms with Crippen LogP contribution in [0, 0.1) is 5.92 Å². The Kier molecular flexibility index (Phi) is 6.03. The molecule has 0 aliphatic carbocycles. The Labute approximate surface area is 137 Å². The number of hydrogen-bond acceptors (Lipinski definition) is 3. The van der Waals surface area contributed by atoms with Crippen molar-refractivity contribution in [1.29, 1.82) is 0 Å². The van der Waals surface area contributed by atoms with Crippen molar-refractivity contribution in [2.24, 2.45) is 5.92 Å². The summed E-state index contributed by atoms with van der Waals surface area (Å²) >= 11 is 0. The van der Waals surface area contributed by atoms with Crippen LogP contribution in [0.15, 0.2) is 48.5 Å². The molecule has 0 aliphatic heterocycles. The monoisotopic (exact) mass is 313 g/mol. The van der Waals surface area contributed by atoms with Crippen molar-refractivity contribution in [3.8, 4) is 11.5 Å². The number of nitrogens with one attached hydrogen (secondary N) is 1. The SMILES string of the molecule is COc1ccccc1NC(=O)c1cccc(OCCC(C)C)c1. The zero-order valence-corrected chi connectivity index (χ0v) is 13.8. The second kappa shape index (κ2) is 8.22. The molecular weight excluding hydrogens is 290 g/mol. The third-order valence-electron chi connectivity index (χ3n) is 3.42. The molecule has 4 heteroatoms. The normalized spacial score (nSPS) is 10.4. The van der Waals surface area contributed by atoms with E-state index in [2.05, 4.69) is 19.2 Å². The predicted molar refractivity (Wildman–Crippen MR) is 92.3 cm³/mol. The van der Waals surface area contributed by atoms with Crippen molar-refractivity contribution in [3.05, 3.63) is 54.1 Å². The Morgan fingerprint density at radius 2 is 1.91 bits per heavy atom. The fraction of sp³-hybridized carbons (Fsp3) is 0.316. The summed E-state index contributed by atoms with van der Waals surface area (Å²) in [6.07, 6.45) is 0.984. The van der Waals surface area contributed by atoms with Crippen LogP contribution in [-0.2, 0) is 0 Å². The van der Waals surface area contributed by atoms with Crippen LogP contribution in [-0.4, -0.2) is 19.6 Å². The first kappa shape index (κ1) is 16.9. The Balaban J connectivity index is 2.04. The van der Waals surface area contributed by atoms with Gasteiger partial charge < -0.3 is 14.8 Å². The van der Waals surface area contributed by atoms with Gasteiger partial charge in [-0.1, -0.05) is 32.0 Å². The van der Waals surface area contributed by atoms with Crippen LogP contribution in [0.5, 0.6) is 11.5 Å². The minimum atomic E-state index is -0.191. The Hall–Kier alpha value is -2.49. The second-order valence-electron chi connectivity index (χ2n) is 5.71. The highest BCUT2D eigenvalue weighted by Crippen LogP contribution is 2.24. The lowest BCUT2D eigenvalue weighted by molar-refractivity contribution is 0.102. The van der Waals surface area contributed by atoms with Gasteiger partial charge in [-0.25, -0.2) is 0 Å². The van der Waals surface area contributed by atoms with E-state index in [1.807, 2.05) is 24.3 Å². The largest absolute Gasteiger partial charge is 0.495 e. The molecule has 2 aromatic rings. The number of carbonyl (C=O) groups is 1. The molecule has 0 aliphatic rings. The van der Waals surface area contributed by atoms with Gasteiger partial charge >= 0.3 is 0 Å². The summed E-state index contributed by atoms with van der Waals surface area (Å²) in [5, 5.41) is 2.86.